The average molecular weight is 531 g/mol. The third-order valence-corrected chi connectivity index (χ3v) is 5.44. The lowest BCUT2D eigenvalue weighted by atomic mass is 10.0. The molecule has 0 spiro atoms. The van der Waals surface area contributed by atoms with Crippen molar-refractivity contribution in [2.75, 3.05) is 13.1 Å². The molecule has 4 atom stereocenters. The number of carboxylic acid groups (broad SMARTS) is 2. The summed E-state index contributed by atoms with van der Waals surface area (Å²) in [5.41, 5.74) is 21.8. The fourth-order valence-corrected chi connectivity index (χ4v) is 3.17. The number of aliphatic imine (C=N–C) groups is 1. The van der Waals surface area contributed by atoms with Crippen molar-refractivity contribution in [2.45, 2.75) is 83.0 Å². The normalized spacial score (nSPS) is 14.1. The zero-order valence-corrected chi connectivity index (χ0v) is 21.4. The van der Waals surface area contributed by atoms with Gasteiger partial charge in [-0.3, -0.25) is 24.2 Å². The number of carbonyl (C=O) groups excluding carboxylic acids is 3. The van der Waals surface area contributed by atoms with Crippen LogP contribution < -0.4 is 38.9 Å². The molecule has 3 amide bonds. The molecule has 0 fully saturated rings. The monoisotopic (exact) mass is 530 g/mol. The van der Waals surface area contributed by atoms with Crippen LogP contribution in [0.4, 0.5) is 0 Å². The highest BCUT2D eigenvalue weighted by molar-refractivity contribution is 5.94. The van der Waals surface area contributed by atoms with E-state index in [9.17, 15) is 29.1 Å². The molecule has 0 aliphatic heterocycles. The molecule has 0 saturated carbocycles. The zero-order chi connectivity index (χ0) is 28.5. The first kappa shape index (κ1) is 33.5. The first-order chi connectivity index (χ1) is 17.3. The number of rotatable bonds is 19. The molecule has 0 aliphatic carbocycles. The smallest absolute Gasteiger partial charge is 0.326 e. The van der Waals surface area contributed by atoms with Gasteiger partial charge in [0.2, 0.25) is 17.7 Å². The summed E-state index contributed by atoms with van der Waals surface area (Å²) in [7, 11) is 0. The van der Waals surface area contributed by atoms with Crippen molar-refractivity contribution in [1.82, 2.24) is 16.0 Å². The van der Waals surface area contributed by atoms with Crippen molar-refractivity contribution in [3.8, 4) is 0 Å². The van der Waals surface area contributed by atoms with Gasteiger partial charge in [0.1, 0.15) is 18.1 Å². The number of carboxylic acids is 2. The summed E-state index contributed by atoms with van der Waals surface area (Å²) < 4.78 is 0. The fourth-order valence-electron chi connectivity index (χ4n) is 3.17. The molecule has 13 N–H and O–H groups in total. The quantitative estimate of drug-likeness (QED) is 0.0480. The first-order valence-electron chi connectivity index (χ1n) is 12.2. The molecule has 0 aliphatic rings. The fraction of sp³-hybridized carbons (Fsp3) is 0.727. The van der Waals surface area contributed by atoms with Crippen LogP contribution in [-0.2, 0) is 24.0 Å². The van der Waals surface area contributed by atoms with Crippen LogP contribution in [0.3, 0.4) is 0 Å². The van der Waals surface area contributed by atoms with E-state index in [0.717, 1.165) is 0 Å². The second kappa shape index (κ2) is 17.9. The number of hydrogen-bond donors (Lipinski definition) is 9. The van der Waals surface area contributed by atoms with E-state index < -0.39 is 60.2 Å². The van der Waals surface area contributed by atoms with E-state index >= 15 is 0 Å². The Balaban J connectivity index is 5.56. The number of guanidine groups is 1. The van der Waals surface area contributed by atoms with Crippen LogP contribution in [-0.4, -0.2) is 83.1 Å². The van der Waals surface area contributed by atoms with E-state index in [2.05, 4.69) is 20.9 Å². The first-order valence-corrected chi connectivity index (χ1v) is 12.2. The van der Waals surface area contributed by atoms with Gasteiger partial charge in [0.05, 0.1) is 6.04 Å². The van der Waals surface area contributed by atoms with E-state index in [1.165, 1.54) is 0 Å². The minimum Gasteiger partial charge on any atom is -0.481 e. The lowest BCUT2D eigenvalue weighted by molar-refractivity contribution is -0.142. The number of aliphatic carboxylic acids is 2. The maximum absolute atomic E-state index is 13.0. The second-order valence-corrected chi connectivity index (χ2v) is 8.96. The molecular formula is C22H42N8O7. The molecule has 0 aromatic heterocycles. The Kier molecular flexibility index (Phi) is 16.2. The Hall–Kier alpha value is -3.46. The molecule has 0 heterocycles. The molecule has 4 unspecified atom stereocenters. The van der Waals surface area contributed by atoms with Crippen LogP contribution in [0, 0.1) is 5.92 Å². The number of carbonyl (C=O) groups is 5. The van der Waals surface area contributed by atoms with E-state index in [1.54, 1.807) is 13.8 Å². The van der Waals surface area contributed by atoms with Crippen molar-refractivity contribution in [3.63, 3.8) is 0 Å². The van der Waals surface area contributed by atoms with Gasteiger partial charge in [-0.15, -0.1) is 0 Å². The molecule has 15 heteroatoms. The van der Waals surface area contributed by atoms with Gasteiger partial charge in [0, 0.05) is 13.0 Å². The minimum atomic E-state index is -1.28. The van der Waals surface area contributed by atoms with E-state index in [0.29, 0.717) is 19.4 Å². The predicted molar refractivity (Wildman–Crippen MR) is 136 cm³/mol. The SMILES string of the molecule is CC(C)C(N)C(=O)NC(CCC(=O)O)C(=O)NC(CCCCN)C(=O)NC(CCCN=C(N)N)C(=O)O. The van der Waals surface area contributed by atoms with Gasteiger partial charge in [-0.2, -0.15) is 0 Å². The maximum Gasteiger partial charge on any atom is 0.326 e. The third kappa shape index (κ3) is 14.6. The molecule has 15 nitrogen and oxygen atoms in total. The van der Waals surface area contributed by atoms with Crippen molar-refractivity contribution < 1.29 is 34.2 Å². The van der Waals surface area contributed by atoms with Gasteiger partial charge in [0.15, 0.2) is 5.96 Å². The number of nitrogens with two attached hydrogens (primary N) is 4. The highest BCUT2D eigenvalue weighted by atomic mass is 16.4. The Bertz CT molecular complexity index is 802. The number of unbranched alkanes of at least 4 members (excludes halogenated alkanes) is 1. The second-order valence-electron chi connectivity index (χ2n) is 8.96. The van der Waals surface area contributed by atoms with Crippen molar-refractivity contribution >= 4 is 35.6 Å². The summed E-state index contributed by atoms with van der Waals surface area (Å²) in [6, 6.07) is -4.61. The van der Waals surface area contributed by atoms with E-state index in [1.807, 2.05) is 0 Å². The largest absolute Gasteiger partial charge is 0.481 e. The standard InChI is InChI=1S/C22H42N8O7/c1-12(2)17(24)20(35)29-14(8-9-16(31)32)19(34)28-13(6-3-4-10-23)18(33)30-15(21(36)37)7-5-11-27-22(25)26/h12-15,17H,3-11,23-24H2,1-2H3,(H,28,34)(H,29,35)(H,30,33)(H,31,32)(H,36,37)(H4,25,26,27). The number of amides is 3. The summed E-state index contributed by atoms with van der Waals surface area (Å²) in [6.07, 6.45) is 0.780. The van der Waals surface area contributed by atoms with Crippen LogP contribution in [0.5, 0.6) is 0 Å². The Labute approximate surface area is 216 Å². The van der Waals surface area contributed by atoms with Crippen molar-refractivity contribution in [3.05, 3.63) is 0 Å². The van der Waals surface area contributed by atoms with E-state index in [4.69, 9.17) is 28.0 Å². The molecular weight excluding hydrogens is 488 g/mol. The average Bonchev–Trinajstić information content (AvgIpc) is 2.81. The molecule has 37 heavy (non-hydrogen) atoms. The summed E-state index contributed by atoms with van der Waals surface area (Å²) in [6.45, 7) is 3.94. The summed E-state index contributed by atoms with van der Waals surface area (Å²) in [4.78, 5) is 64.9. The summed E-state index contributed by atoms with van der Waals surface area (Å²) >= 11 is 0. The van der Waals surface area contributed by atoms with Crippen molar-refractivity contribution in [2.24, 2.45) is 33.8 Å². The van der Waals surface area contributed by atoms with Gasteiger partial charge in [-0.25, -0.2) is 4.79 Å². The van der Waals surface area contributed by atoms with Gasteiger partial charge >= 0.3 is 11.9 Å². The van der Waals surface area contributed by atoms with Crippen molar-refractivity contribution in [1.29, 1.82) is 0 Å². The Morgan fingerprint density at radius 3 is 1.78 bits per heavy atom. The number of nitrogens with zero attached hydrogens (tertiary/aromatic N) is 1. The lowest BCUT2D eigenvalue weighted by Gasteiger charge is -2.25. The highest BCUT2D eigenvalue weighted by Gasteiger charge is 2.30. The van der Waals surface area contributed by atoms with Crippen LogP contribution in [0.1, 0.15) is 58.8 Å². The topological polar surface area (TPSA) is 278 Å². The lowest BCUT2D eigenvalue weighted by Crippen LogP contribution is -2.57. The van der Waals surface area contributed by atoms with Crippen LogP contribution in [0.15, 0.2) is 4.99 Å². The number of hydrogen-bond acceptors (Lipinski definition) is 8. The number of nitrogens with one attached hydrogen (secondary N) is 3. The summed E-state index contributed by atoms with van der Waals surface area (Å²) in [5, 5.41) is 25.9. The van der Waals surface area contributed by atoms with Crippen LogP contribution >= 0.6 is 0 Å². The molecule has 0 rings (SSSR count). The zero-order valence-electron chi connectivity index (χ0n) is 21.4. The maximum atomic E-state index is 13.0. The van der Waals surface area contributed by atoms with Gasteiger partial charge in [-0.1, -0.05) is 13.8 Å². The highest BCUT2D eigenvalue weighted by Crippen LogP contribution is 2.07. The van der Waals surface area contributed by atoms with Crippen LogP contribution in [0.2, 0.25) is 0 Å². The molecule has 0 bridgehead atoms. The van der Waals surface area contributed by atoms with E-state index in [-0.39, 0.29) is 44.1 Å². The predicted octanol–water partition coefficient (Wildman–Crippen LogP) is -2.44. The third-order valence-electron chi connectivity index (χ3n) is 5.44. The van der Waals surface area contributed by atoms with Gasteiger partial charge in [0.25, 0.3) is 0 Å². The molecule has 212 valence electrons. The molecule has 0 aromatic carbocycles. The minimum absolute atomic E-state index is 0.0334. The van der Waals surface area contributed by atoms with Crippen LogP contribution in [0.25, 0.3) is 0 Å². The molecule has 0 radical (unpaired) electrons. The van der Waals surface area contributed by atoms with Gasteiger partial charge < -0.3 is 49.1 Å². The van der Waals surface area contributed by atoms with Gasteiger partial charge in [-0.05, 0) is 51.0 Å². The summed E-state index contributed by atoms with van der Waals surface area (Å²) in [5.74, 6) is -5.02. The molecule has 0 aromatic rings. The molecule has 0 saturated heterocycles. The Morgan fingerprint density at radius 2 is 1.30 bits per heavy atom. The Morgan fingerprint density at radius 1 is 0.784 bits per heavy atom.